The highest BCUT2D eigenvalue weighted by molar-refractivity contribution is 9.10. The number of rotatable bonds is 6. The number of carbonyl (C=O) groups excluding carboxylic acids is 2. The van der Waals surface area contributed by atoms with Gasteiger partial charge in [0.15, 0.2) is 0 Å². The van der Waals surface area contributed by atoms with Gasteiger partial charge < -0.3 is 10.2 Å². The smallest absolute Gasteiger partial charge is 0.263 e. The summed E-state index contributed by atoms with van der Waals surface area (Å²) in [4.78, 5) is 46.6. The first kappa shape index (κ1) is 28.5. The Morgan fingerprint density at radius 2 is 1.83 bits per heavy atom. The maximum atomic E-state index is 14.1. The van der Waals surface area contributed by atoms with Crippen LogP contribution in [0.25, 0.3) is 11.6 Å². The molecule has 10 heteroatoms. The normalized spacial score (nSPS) is 14.7. The molecule has 0 spiro atoms. The maximum Gasteiger partial charge on any atom is 0.263 e. The molecule has 9 nitrogen and oxygen atoms in total. The average Bonchev–Trinajstić information content (AvgIpc) is 3.41. The molecule has 3 heterocycles. The molecular weight excluding hydrogens is 584 g/mol. The van der Waals surface area contributed by atoms with Crippen LogP contribution in [0.15, 0.2) is 64.1 Å². The van der Waals surface area contributed by atoms with E-state index in [1.807, 2.05) is 32.2 Å². The largest absolute Gasteiger partial charge is 0.355 e. The molecule has 0 fully saturated rings. The van der Waals surface area contributed by atoms with Crippen molar-refractivity contribution in [1.82, 2.24) is 29.5 Å². The van der Waals surface area contributed by atoms with Gasteiger partial charge in [0.05, 0.1) is 24.1 Å². The van der Waals surface area contributed by atoms with E-state index in [9.17, 15) is 14.4 Å². The summed E-state index contributed by atoms with van der Waals surface area (Å²) in [5, 5.41) is 7.17. The Hall–Kier alpha value is -4.05. The van der Waals surface area contributed by atoms with Crippen molar-refractivity contribution < 1.29 is 9.59 Å². The van der Waals surface area contributed by atoms with E-state index in [1.54, 1.807) is 57.7 Å². The van der Waals surface area contributed by atoms with E-state index in [-0.39, 0.29) is 30.0 Å². The summed E-state index contributed by atoms with van der Waals surface area (Å²) in [6, 6.07) is 12.2. The van der Waals surface area contributed by atoms with Gasteiger partial charge in [-0.3, -0.25) is 14.4 Å². The molecular formula is C31H33BrN6O3. The molecule has 212 valence electrons. The summed E-state index contributed by atoms with van der Waals surface area (Å²) in [7, 11) is 1.58. The number of hydrogen-bond donors (Lipinski definition) is 1. The second-order valence-corrected chi connectivity index (χ2v) is 11.8. The SMILES string of the molecule is CNC(=O)c1ccc(-n2c(-n3cc(CC(C)C)cn3)nc3c(c2=O)C[C@H](C)N(C(=O)c2ccc(Br)c(C)c2)C3)cc1. The van der Waals surface area contributed by atoms with Crippen molar-refractivity contribution in [3.8, 4) is 11.6 Å². The Morgan fingerprint density at radius 1 is 1.12 bits per heavy atom. The zero-order valence-electron chi connectivity index (χ0n) is 23.8. The number of fused-ring (bicyclic) bond motifs is 1. The summed E-state index contributed by atoms with van der Waals surface area (Å²) in [6.45, 7) is 8.39. The standard InChI is InChI=1S/C31H33BrN6O3/c1-18(2)12-21-15-34-37(16-21)31-35-27-17-36(29(40)23-8-11-26(32)19(3)13-23)20(4)14-25(27)30(41)38(31)24-9-6-22(7-10-24)28(39)33-5/h6-11,13,15-16,18,20H,12,14,17H2,1-5H3,(H,33,39)/t20-/m0/s1. The van der Waals surface area contributed by atoms with Crippen LogP contribution in [0.3, 0.4) is 0 Å². The highest BCUT2D eigenvalue weighted by atomic mass is 79.9. The predicted octanol–water partition coefficient (Wildman–Crippen LogP) is 4.63. The van der Waals surface area contributed by atoms with Crippen molar-refractivity contribution in [3.05, 3.63) is 103 Å². The number of nitrogens with zero attached hydrogens (tertiary/aromatic N) is 5. The minimum absolute atomic E-state index is 0.102. The van der Waals surface area contributed by atoms with E-state index < -0.39 is 0 Å². The lowest BCUT2D eigenvalue weighted by molar-refractivity contribution is 0.0652. The monoisotopic (exact) mass is 616 g/mol. The Kier molecular flexibility index (Phi) is 7.95. The quantitative estimate of drug-likeness (QED) is 0.340. The van der Waals surface area contributed by atoms with E-state index in [0.29, 0.717) is 46.4 Å². The van der Waals surface area contributed by atoms with Crippen molar-refractivity contribution in [2.75, 3.05) is 7.05 Å². The zero-order valence-corrected chi connectivity index (χ0v) is 25.4. The molecule has 4 aromatic rings. The first-order valence-electron chi connectivity index (χ1n) is 13.7. The van der Waals surface area contributed by atoms with Crippen LogP contribution in [-0.2, 0) is 19.4 Å². The molecule has 0 unspecified atom stereocenters. The van der Waals surface area contributed by atoms with Crippen LogP contribution in [-0.4, -0.2) is 49.1 Å². The molecule has 2 aromatic heterocycles. The summed E-state index contributed by atoms with van der Waals surface area (Å²) in [6.07, 6.45) is 4.89. The van der Waals surface area contributed by atoms with Crippen LogP contribution in [0.4, 0.5) is 0 Å². The lowest BCUT2D eigenvalue weighted by Crippen LogP contribution is -2.46. The molecule has 0 aliphatic carbocycles. The first-order chi connectivity index (χ1) is 19.6. The van der Waals surface area contributed by atoms with Gasteiger partial charge >= 0.3 is 0 Å². The van der Waals surface area contributed by atoms with Crippen LogP contribution >= 0.6 is 15.9 Å². The molecule has 0 radical (unpaired) electrons. The van der Waals surface area contributed by atoms with Gasteiger partial charge in [0.25, 0.3) is 17.4 Å². The third-order valence-corrected chi connectivity index (χ3v) is 8.25. The van der Waals surface area contributed by atoms with Gasteiger partial charge in [0.1, 0.15) is 0 Å². The number of aryl methyl sites for hydroxylation is 1. The number of aromatic nitrogens is 4. The molecule has 0 saturated heterocycles. The third-order valence-electron chi connectivity index (χ3n) is 7.36. The molecule has 2 amide bonds. The molecule has 0 bridgehead atoms. The third kappa shape index (κ3) is 5.61. The number of carbonyl (C=O) groups is 2. The Bertz CT molecular complexity index is 1690. The van der Waals surface area contributed by atoms with Crippen molar-refractivity contribution in [2.45, 2.75) is 53.1 Å². The molecule has 0 saturated carbocycles. The molecule has 1 atom stereocenters. The van der Waals surface area contributed by atoms with E-state index in [0.717, 1.165) is 22.0 Å². The topological polar surface area (TPSA) is 102 Å². The maximum absolute atomic E-state index is 14.1. The van der Waals surface area contributed by atoms with E-state index in [4.69, 9.17) is 4.98 Å². The molecule has 2 aromatic carbocycles. The number of hydrogen-bond acceptors (Lipinski definition) is 5. The summed E-state index contributed by atoms with van der Waals surface area (Å²) in [5.74, 6) is 0.455. The van der Waals surface area contributed by atoms with Crippen LogP contribution in [0.2, 0.25) is 0 Å². The summed E-state index contributed by atoms with van der Waals surface area (Å²) in [5.41, 5.74) is 4.58. The van der Waals surface area contributed by atoms with E-state index in [2.05, 4.69) is 40.2 Å². The fraction of sp³-hybridized carbons (Fsp3) is 0.323. The lowest BCUT2D eigenvalue weighted by atomic mass is 9.98. The molecule has 1 aliphatic heterocycles. The molecule has 41 heavy (non-hydrogen) atoms. The van der Waals surface area contributed by atoms with Crippen LogP contribution in [0, 0.1) is 12.8 Å². The fourth-order valence-electron chi connectivity index (χ4n) is 5.20. The van der Waals surface area contributed by atoms with Gasteiger partial charge in [-0.05, 0) is 86.2 Å². The Morgan fingerprint density at radius 3 is 2.49 bits per heavy atom. The van der Waals surface area contributed by atoms with Gasteiger partial charge in [-0.1, -0.05) is 29.8 Å². The average molecular weight is 618 g/mol. The van der Waals surface area contributed by atoms with E-state index in [1.165, 1.54) is 0 Å². The van der Waals surface area contributed by atoms with Gasteiger partial charge in [-0.2, -0.15) is 5.10 Å². The predicted molar refractivity (Wildman–Crippen MR) is 161 cm³/mol. The number of nitrogens with one attached hydrogen (secondary N) is 1. The van der Waals surface area contributed by atoms with Crippen molar-refractivity contribution in [3.63, 3.8) is 0 Å². The Balaban J connectivity index is 1.61. The second-order valence-electron chi connectivity index (χ2n) is 10.9. The highest BCUT2D eigenvalue weighted by Gasteiger charge is 2.32. The number of halogens is 1. The highest BCUT2D eigenvalue weighted by Crippen LogP contribution is 2.26. The minimum atomic E-state index is -0.211. The van der Waals surface area contributed by atoms with E-state index >= 15 is 0 Å². The molecule has 1 aliphatic rings. The van der Waals surface area contributed by atoms with Crippen molar-refractivity contribution in [2.24, 2.45) is 5.92 Å². The summed E-state index contributed by atoms with van der Waals surface area (Å²) >= 11 is 3.50. The van der Waals surface area contributed by atoms with Gasteiger partial charge in [0, 0.05) is 40.4 Å². The number of benzene rings is 2. The van der Waals surface area contributed by atoms with Crippen molar-refractivity contribution in [1.29, 1.82) is 0 Å². The van der Waals surface area contributed by atoms with Gasteiger partial charge in [-0.25, -0.2) is 14.2 Å². The van der Waals surface area contributed by atoms with Gasteiger partial charge in [0.2, 0.25) is 5.95 Å². The lowest BCUT2D eigenvalue weighted by Gasteiger charge is -2.34. The minimum Gasteiger partial charge on any atom is -0.355 e. The van der Waals surface area contributed by atoms with Crippen LogP contribution in [0.5, 0.6) is 0 Å². The summed E-state index contributed by atoms with van der Waals surface area (Å²) < 4.78 is 4.10. The Labute approximate surface area is 247 Å². The molecule has 5 rings (SSSR count). The van der Waals surface area contributed by atoms with Crippen molar-refractivity contribution >= 4 is 27.7 Å². The zero-order chi connectivity index (χ0) is 29.4. The van der Waals surface area contributed by atoms with Crippen LogP contribution in [0.1, 0.15) is 63.9 Å². The number of amides is 2. The van der Waals surface area contributed by atoms with Crippen LogP contribution < -0.4 is 10.9 Å². The second kappa shape index (κ2) is 11.4. The van der Waals surface area contributed by atoms with Gasteiger partial charge in [-0.15, -0.1) is 0 Å². The fourth-order valence-corrected chi connectivity index (χ4v) is 5.45. The first-order valence-corrected chi connectivity index (χ1v) is 14.4. The molecule has 1 N–H and O–H groups in total.